The van der Waals surface area contributed by atoms with Crippen LogP contribution in [-0.2, 0) is 10.0 Å². The molecule has 2 N–H and O–H groups in total. The van der Waals surface area contributed by atoms with Crippen LogP contribution in [0, 0.1) is 5.92 Å². The van der Waals surface area contributed by atoms with Crippen LogP contribution in [0.2, 0.25) is 0 Å². The van der Waals surface area contributed by atoms with Crippen molar-refractivity contribution < 1.29 is 13.2 Å². The Labute approximate surface area is 130 Å². The maximum Gasteiger partial charge on any atom is 0.274 e. The number of nitrogens with zero attached hydrogens (tertiary/aromatic N) is 2. The molecule has 2 fully saturated rings. The molecule has 1 aliphatic heterocycles. The van der Waals surface area contributed by atoms with Crippen molar-refractivity contribution in [3.8, 4) is 0 Å². The second-order valence-corrected chi connectivity index (χ2v) is 8.20. The van der Waals surface area contributed by atoms with Gasteiger partial charge >= 0.3 is 0 Å². The number of amides is 1. The lowest BCUT2D eigenvalue weighted by Crippen LogP contribution is -2.43. The van der Waals surface area contributed by atoms with Crippen molar-refractivity contribution >= 4 is 15.9 Å². The highest BCUT2D eigenvalue weighted by molar-refractivity contribution is 7.88. The first-order valence-corrected chi connectivity index (χ1v) is 9.61. The minimum Gasteiger partial charge on any atom is -0.337 e. The topological polar surface area (TPSA) is 95.2 Å². The smallest absolute Gasteiger partial charge is 0.274 e. The minimum absolute atomic E-state index is 0.0628. The van der Waals surface area contributed by atoms with E-state index in [-0.39, 0.29) is 11.8 Å². The number of aromatic nitrogens is 2. The molecule has 7 nitrogen and oxygen atoms in total. The Hall–Kier alpha value is -1.41. The average molecular weight is 326 g/mol. The van der Waals surface area contributed by atoms with Crippen molar-refractivity contribution in [2.75, 3.05) is 25.9 Å². The van der Waals surface area contributed by atoms with E-state index in [1.807, 2.05) is 6.07 Å². The lowest BCUT2D eigenvalue weighted by atomic mass is 9.98. The van der Waals surface area contributed by atoms with E-state index < -0.39 is 10.0 Å². The fraction of sp³-hybridized carbons (Fsp3) is 0.714. The third kappa shape index (κ3) is 3.86. The van der Waals surface area contributed by atoms with Gasteiger partial charge in [-0.25, -0.2) is 13.1 Å². The fourth-order valence-electron chi connectivity index (χ4n) is 2.90. The van der Waals surface area contributed by atoms with Gasteiger partial charge in [0, 0.05) is 31.2 Å². The van der Waals surface area contributed by atoms with Crippen LogP contribution in [-0.4, -0.2) is 55.3 Å². The molecule has 0 spiro atoms. The molecule has 122 valence electrons. The Bertz CT molecular complexity index is 651. The summed E-state index contributed by atoms with van der Waals surface area (Å²) in [6.07, 6.45) is 5.31. The number of nitrogens with one attached hydrogen (secondary N) is 2. The quantitative estimate of drug-likeness (QED) is 0.832. The number of carbonyl (C=O) groups excluding carboxylic acids is 1. The fourth-order valence-corrected chi connectivity index (χ4v) is 3.44. The van der Waals surface area contributed by atoms with Crippen molar-refractivity contribution in [3.05, 3.63) is 17.5 Å². The molecule has 1 unspecified atom stereocenters. The maximum atomic E-state index is 12.5. The van der Waals surface area contributed by atoms with Crippen LogP contribution in [0.15, 0.2) is 6.07 Å². The molecule has 3 rings (SSSR count). The maximum absolute atomic E-state index is 12.5. The van der Waals surface area contributed by atoms with Gasteiger partial charge in [0.2, 0.25) is 10.0 Å². The predicted molar refractivity (Wildman–Crippen MR) is 82.0 cm³/mol. The van der Waals surface area contributed by atoms with Crippen molar-refractivity contribution in [2.24, 2.45) is 5.92 Å². The van der Waals surface area contributed by atoms with Gasteiger partial charge in [0.1, 0.15) is 5.69 Å². The molecule has 1 saturated carbocycles. The van der Waals surface area contributed by atoms with Gasteiger partial charge in [-0.05, 0) is 37.7 Å². The first kappa shape index (κ1) is 15.5. The number of rotatable bonds is 5. The second kappa shape index (κ2) is 6.00. The molecule has 1 aromatic heterocycles. The second-order valence-electron chi connectivity index (χ2n) is 6.36. The normalized spacial score (nSPS) is 22.8. The molecular weight excluding hydrogens is 304 g/mol. The summed E-state index contributed by atoms with van der Waals surface area (Å²) < 4.78 is 24.9. The molecule has 2 heterocycles. The van der Waals surface area contributed by atoms with E-state index in [1.54, 1.807) is 4.90 Å². The summed E-state index contributed by atoms with van der Waals surface area (Å²) in [5.41, 5.74) is 1.52. The van der Waals surface area contributed by atoms with Crippen LogP contribution < -0.4 is 4.72 Å². The zero-order valence-corrected chi connectivity index (χ0v) is 13.5. The van der Waals surface area contributed by atoms with Gasteiger partial charge in [0.15, 0.2) is 0 Å². The summed E-state index contributed by atoms with van der Waals surface area (Å²) in [5.74, 6) is 0.642. The molecular formula is C14H22N4O3S. The summed E-state index contributed by atoms with van der Waals surface area (Å²) in [6, 6.07) is 1.86. The molecule has 8 heteroatoms. The molecule has 1 amide bonds. The zero-order chi connectivity index (χ0) is 15.7. The molecule has 0 radical (unpaired) electrons. The van der Waals surface area contributed by atoms with Crippen molar-refractivity contribution in [2.45, 2.75) is 31.6 Å². The Morgan fingerprint density at radius 3 is 2.91 bits per heavy atom. The van der Waals surface area contributed by atoms with Crippen LogP contribution in [0.4, 0.5) is 0 Å². The standard InChI is InChI=1S/C14H22N4O3S/c1-22(20,21)15-8-10-3-2-6-18(9-10)14(19)13-7-12(16-17-13)11-4-5-11/h7,10-11,15H,2-6,8-9H2,1H3,(H,16,17). The predicted octanol–water partition coefficient (Wildman–Crippen LogP) is 0.688. The highest BCUT2D eigenvalue weighted by atomic mass is 32.2. The van der Waals surface area contributed by atoms with E-state index in [4.69, 9.17) is 0 Å². The number of H-pyrrole nitrogens is 1. The Kier molecular flexibility index (Phi) is 4.22. The number of piperidine rings is 1. The number of hydrogen-bond acceptors (Lipinski definition) is 4. The Balaban J connectivity index is 1.59. The van der Waals surface area contributed by atoms with Gasteiger partial charge in [-0.1, -0.05) is 0 Å². The molecule has 2 aliphatic rings. The van der Waals surface area contributed by atoms with Crippen molar-refractivity contribution in [1.82, 2.24) is 19.8 Å². The van der Waals surface area contributed by atoms with E-state index in [2.05, 4.69) is 14.9 Å². The Morgan fingerprint density at radius 2 is 2.23 bits per heavy atom. The Morgan fingerprint density at radius 1 is 1.45 bits per heavy atom. The monoisotopic (exact) mass is 326 g/mol. The van der Waals surface area contributed by atoms with Gasteiger partial charge in [-0.3, -0.25) is 9.89 Å². The summed E-state index contributed by atoms with van der Waals surface area (Å²) in [4.78, 5) is 14.3. The summed E-state index contributed by atoms with van der Waals surface area (Å²) in [7, 11) is -3.18. The lowest BCUT2D eigenvalue weighted by molar-refractivity contribution is 0.0670. The van der Waals surface area contributed by atoms with Gasteiger partial charge in [-0.15, -0.1) is 0 Å². The van der Waals surface area contributed by atoms with Crippen LogP contribution in [0.25, 0.3) is 0 Å². The van der Waals surface area contributed by atoms with E-state index >= 15 is 0 Å². The summed E-state index contributed by atoms with van der Waals surface area (Å²) in [6.45, 7) is 1.67. The third-order valence-electron chi connectivity index (χ3n) is 4.27. The molecule has 1 saturated heterocycles. The first-order chi connectivity index (χ1) is 10.4. The highest BCUT2D eigenvalue weighted by Gasteiger charge is 2.29. The highest BCUT2D eigenvalue weighted by Crippen LogP contribution is 2.39. The number of carbonyl (C=O) groups is 1. The molecule has 22 heavy (non-hydrogen) atoms. The summed E-state index contributed by atoms with van der Waals surface area (Å²) in [5, 5.41) is 7.09. The first-order valence-electron chi connectivity index (χ1n) is 7.71. The van der Waals surface area contributed by atoms with Crippen molar-refractivity contribution in [1.29, 1.82) is 0 Å². The number of sulfonamides is 1. The largest absolute Gasteiger partial charge is 0.337 e. The number of hydrogen-bond donors (Lipinski definition) is 2. The van der Waals surface area contributed by atoms with E-state index in [0.29, 0.717) is 31.2 Å². The summed E-state index contributed by atoms with van der Waals surface area (Å²) >= 11 is 0. The number of aromatic amines is 1. The van der Waals surface area contributed by atoms with E-state index in [0.717, 1.165) is 24.8 Å². The third-order valence-corrected chi connectivity index (χ3v) is 4.97. The SMILES string of the molecule is CS(=O)(=O)NCC1CCCN(C(=O)c2cc(C3CC3)[nH]n2)C1. The molecule has 1 aromatic rings. The molecule has 0 aromatic carbocycles. The van der Waals surface area contributed by atoms with Gasteiger partial charge in [0.25, 0.3) is 5.91 Å². The van der Waals surface area contributed by atoms with Gasteiger partial charge in [-0.2, -0.15) is 5.10 Å². The molecule has 0 bridgehead atoms. The van der Waals surface area contributed by atoms with Crippen LogP contribution >= 0.6 is 0 Å². The number of likely N-dealkylation sites (tertiary alicyclic amines) is 1. The van der Waals surface area contributed by atoms with Gasteiger partial charge < -0.3 is 4.90 Å². The average Bonchev–Trinajstić information content (AvgIpc) is 3.22. The van der Waals surface area contributed by atoms with E-state index in [1.165, 1.54) is 12.8 Å². The zero-order valence-electron chi connectivity index (χ0n) is 12.7. The van der Waals surface area contributed by atoms with Gasteiger partial charge in [0.05, 0.1) is 6.26 Å². The van der Waals surface area contributed by atoms with Crippen LogP contribution in [0.5, 0.6) is 0 Å². The van der Waals surface area contributed by atoms with Crippen LogP contribution in [0.1, 0.15) is 47.8 Å². The lowest BCUT2D eigenvalue weighted by Gasteiger charge is -2.32. The van der Waals surface area contributed by atoms with Crippen LogP contribution in [0.3, 0.4) is 0 Å². The molecule has 1 atom stereocenters. The molecule has 1 aliphatic carbocycles. The van der Waals surface area contributed by atoms with Crippen molar-refractivity contribution in [3.63, 3.8) is 0 Å². The van der Waals surface area contributed by atoms with E-state index in [9.17, 15) is 13.2 Å². The minimum atomic E-state index is -3.18.